The number of benzene rings is 1. The fraction of sp³-hybridized carbons (Fsp3) is 0.450. The van der Waals surface area contributed by atoms with Gasteiger partial charge in [0.25, 0.3) is 0 Å². The van der Waals surface area contributed by atoms with Crippen LogP contribution < -0.4 is 5.32 Å². The van der Waals surface area contributed by atoms with Gasteiger partial charge in [0.1, 0.15) is 5.01 Å². The first-order valence-corrected chi connectivity index (χ1v) is 10.1. The monoisotopic (exact) mass is 371 g/mol. The number of piperidine rings is 1. The van der Waals surface area contributed by atoms with Crippen molar-refractivity contribution in [2.24, 2.45) is 0 Å². The number of carbonyl (C=O) groups excluding carboxylic acids is 2. The lowest BCUT2D eigenvalue weighted by Crippen LogP contribution is -2.38. The fourth-order valence-electron chi connectivity index (χ4n) is 3.34. The Balaban J connectivity index is 1.54. The lowest BCUT2D eigenvalue weighted by atomic mass is 10.0. The third-order valence-corrected chi connectivity index (χ3v) is 5.62. The zero-order valence-electron chi connectivity index (χ0n) is 15.1. The van der Waals surface area contributed by atoms with Crippen LogP contribution in [0, 0.1) is 0 Å². The number of anilines is 1. The fourth-order valence-corrected chi connectivity index (χ4v) is 4.13. The number of carbonyl (C=O) groups is 2. The molecule has 1 aromatic heterocycles. The van der Waals surface area contributed by atoms with Gasteiger partial charge in [-0.25, -0.2) is 4.98 Å². The Morgan fingerprint density at radius 2 is 2.19 bits per heavy atom. The van der Waals surface area contributed by atoms with Crippen molar-refractivity contribution < 1.29 is 9.59 Å². The Morgan fingerprint density at radius 1 is 1.31 bits per heavy atom. The largest absolute Gasteiger partial charge is 0.333 e. The highest BCUT2D eigenvalue weighted by atomic mass is 32.1. The maximum atomic E-state index is 12.7. The first-order chi connectivity index (χ1) is 12.7. The van der Waals surface area contributed by atoms with E-state index >= 15 is 0 Å². The molecule has 2 aromatic rings. The van der Waals surface area contributed by atoms with Gasteiger partial charge < -0.3 is 10.2 Å². The van der Waals surface area contributed by atoms with Crippen molar-refractivity contribution in [1.82, 2.24) is 9.88 Å². The predicted octanol–water partition coefficient (Wildman–Crippen LogP) is 4.18. The molecule has 0 aliphatic carbocycles. The minimum Gasteiger partial charge on any atom is -0.333 e. The zero-order valence-corrected chi connectivity index (χ0v) is 15.9. The molecule has 1 unspecified atom stereocenters. The summed E-state index contributed by atoms with van der Waals surface area (Å²) in [5.41, 5.74) is 1.97. The SMILES string of the molecule is CCc1cccc(NC(=O)CCC(=O)N2CCCCC2c2nccs2)c1. The molecule has 0 saturated carbocycles. The highest BCUT2D eigenvalue weighted by Gasteiger charge is 2.29. The van der Waals surface area contributed by atoms with E-state index in [-0.39, 0.29) is 30.7 Å². The highest BCUT2D eigenvalue weighted by molar-refractivity contribution is 7.09. The van der Waals surface area contributed by atoms with Crippen molar-refractivity contribution in [2.75, 3.05) is 11.9 Å². The van der Waals surface area contributed by atoms with E-state index < -0.39 is 0 Å². The first-order valence-electron chi connectivity index (χ1n) is 9.25. The van der Waals surface area contributed by atoms with Crippen LogP contribution in [0.5, 0.6) is 0 Å². The van der Waals surface area contributed by atoms with E-state index in [4.69, 9.17) is 0 Å². The van der Waals surface area contributed by atoms with Gasteiger partial charge in [-0.1, -0.05) is 19.1 Å². The molecule has 138 valence electrons. The Morgan fingerprint density at radius 3 is 2.96 bits per heavy atom. The number of amides is 2. The number of likely N-dealkylation sites (tertiary alicyclic amines) is 1. The first kappa shape index (κ1) is 18.6. The lowest BCUT2D eigenvalue weighted by Gasteiger charge is -2.34. The molecule has 2 amide bonds. The highest BCUT2D eigenvalue weighted by Crippen LogP contribution is 2.32. The second-order valence-electron chi connectivity index (χ2n) is 6.57. The number of aryl methyl sites for hydroxylation is 1. The molecule has 0 radical (unpaired) electrons. The van der Waals surface area contributed by atoms with E-state index in [1.807, 2.05) is 34.5 Å². The number of nitrogens with one attached hydrogen (secondary N) is 1. The molecule has 5 nitrogen and oxygen atoms in total. The van der Waals surface area contributed by atoms with Gasteiger partial charge in [0.15, 0.2) is 0 Å². The van der Waals surface area contributed by atoms with Crippen molar-refractivity contribution in [1.29, 1.82) is 0 Å². The Kier molecular flexibility index (Phi) is 6.39. The second kappa shape index (κ2) is 8.94. The summed E-state index contributed by atoms with van der Waals surface area (Å²) in [6, 6.07) is 7.89. The summed E-state index contributed by atoms with van der Waals surface area (Å²) in [6.45, 7) is 2.83. The van der Waals surface area contributed by atoms with Gasteiger partial charge in [-0.05, 0) is 43.4 Å². The van der Waals surface area contributed by atoms with Crippen LogP contribution in [-0.4, -0.2) is 28.2 Å². The molecule has 26 heavy (non-hydrogen) atoms. The summed E-state index contributed by atoms with van der Waals surface area (Å²) in [5, 5.41) is 5.84. The standard InChI is InChI=1S/C20H25N3O2S/c1-2-15-6-5-7-16(14-15)22-18(24)9-10-19(25)23-12-4-3-8-17(23)20-21-11-13-26-20/h5-7,11,13-14,17H,2-4,8-10,12H2,1H3,(H,22,24). The van der Waals surface area contributed by atoms with Crippen molar-refractivity contribution in [2.45, 2.75) is 51.5 Å². The molecule has 1 aliphatic heterocycles. The van der Waals surface area contributed by atoms with Crippen LogP contribution >= 0.6 is 11.3 Å². The molecule has 2 heterocycles. The second-order valence-corrected chi connectivity index (χ2v) is 7.50. The van der Waals surface area contributed by atoms with Crippen LogP contribution in [0.4, 0.5) is 5.69 Å². The van der Waals surface area contributed by atoms with Crippen LogP contribution in [0.25, 0.3) is 0 Å². The van der Waals surface area contributed by atoms with E-state index in [0.29, 0.717) is 0 Å². The van der Waals surface area contributed by atoms with Gasteiger partial charge in [0, 0.05) is 36.7 Å². The average Bonchev–Trinajstić information content (AvgIpc) is 3.21. The number of aromatic nitrogens is 1. The number of thiazole rings is 1. The molecule has 6 heteroatoms. The van der Waals surface area contributed by atoms with Crippen molar-refractivity contribution in [3.63, 3.8) is 0 Å². The summed E-state index contributed by atoms with van der Waals surface area (Å²) in [6.07, 6.45) is 6.24. The van der Waals surface area contributed by atoms with E-state index in [0.717, 1.165) is 42.9 Å². The van der Waals surface area contributed by atoms with E-state index in [9.17, 15) is 9.59 Å². The van der Waals surface area contributed by atoms with Gasteiger partial charge in [-0.3, -0.25) is 9.59 Å². The minimum atomic E-state index is -0.116. The normalized spacial score (nSPS) is 17.1. The molecule has 0 bridgehead atoms. The van der Waals surface area contributed by atoms with Crippen LogP contribution in [-0.2, 0) is 16.0 Å². The van der Waals surface area contributed by atoms with Crippen LogP contribution in [0.3, 0.4) is 0 Å². The number of hydrogen-bond donors (Lipinski definition) is 1. The third-order valence-electron chi connectivity index (χ3n) is 4.74. The number of hydrogen-bond acceptors (Lipinski definition) is 4. The predicted molar refractivity (Wildman–Crippen MR) is 104 cm³/mol. The summed E-state index contributed by atoms with van der Waals surface area (Å²) >= 11 is 1.60. The molecule has 1 atom stereocenters. The summed E-state index contributed by atoms with van der Waals surface area (Å²) in [5.74, 6) is -0.0724. The van der Waals surface area contributed by atoms with Gasteiger partial charge in [0.2, 0.25) is 11.8 Å². The maximum absolute atomic E-state index is 12.7. The van der Waals surface area contributed by atoms with Gasteiger partial charge in [0.05, 0.1) is 6.04 Å². The van der Waals surface area contributed by atoms with Crippen LogP contribution in [0.15, 0.2) is 35.8 Å². The number of nitrogens with zero attached hydrogens (tertiary/aromatic N) is 2. The van der Waals surface area contributed by atoms with Gasteiger partial charge >= 0.3 is 0 Å². The van der Waals surface area contributed by atoms with Crippen LogP contribution in [0.1, 0.15) is 55.6 Å². The van der Waals surface area contributed by atoms with Gasteiger partial charge in [-0.15, -0.1) is 11.3 Å². The number of rotatable bonds is 6. The minimum absolute atomic E-state index is 0.0439. The summed E-state index contributed by atoms with van der Waals surface area (Å²) < 4.78 is 0. The zero-order chi connectivity index (χ0) is 18.4. The third kappa shape index (κ3) is 4.69. The molecule has 3 rings (SSSR count). The van der Waals surface area contributed by atoms with Gasteiger partial charge in [-0.2, -0.15) is 0 Å². The maximum Gasteiger partial charge on any atom is 0.224 e. The molecule has 1 saturated heterocycles. The molecular weight excluding hydrogens is 346 g/mol. The Hall–Kier alpha value is -2.21. The van der Waals surface area contributed by atoms with E-state index in [1.54, 1.807) is 17.5 Å². The lowest BCUT2D eigenvalue weighted by molar-refractivity contribution is -0.136. The molecule has 1 N–H and O–H groups in total. The summed E-state index contributed by atoms with van der Waals surface area (Å²) in [7, 11) is 0. The molecule has 1 aliphatic rings. The van der Waals surface area contributed by atoms with Crippen molar-refractivity contribution >= 4 is 28.8 Å². The Bertz CT molecular complexity index is 745. The molecule has 0 spiro atoms. The average molecular weight is 372 g/mol. The summed E-state index contributed by atoms with van der Waals surface area (Å²) in [4.78, 5) is 31.2. The van der Waals surface area contributed by atoms with E-state index in [1.165, 1.54) is 5.56 Å². The topological polar surface area (TPSA) is 62.3 Å². The van der Waals surface area contributed by atoms with Crippen molar-refractivity contribution in [3.05, 3.63) is 46.4 Å². The molecular formula is C20H25N3O2S. The van der Waals surface area contributed by atoms with Crippen LogP contribution in [0.2, 0.25) is 0 Å². The quantitative estimate of drug-likeness (QED) is 0.829. The van der Waals surface area contributed by atoms with E-state index in [2.05, 4.69) is 17.2 Å². The molecule has 1 aromatic carbocycles. The van der Waals surface area contributed by atoms with Crippen molar-refractivity contribution in [3.8, 4) is 0 Å². The smallest absolute Gasteiger partial charge is 0.224 e. The molecule has 1 fully saturated rings. The Labute approximate surface area is 158 Å².